The third-order valence-electron chi connectivity index (χ3n) is 5.98. The zero-order chi connectivity index (χ0) is 24.5. The van der Waals surface area contributed by atoms with Crippen LogP contribution in [0.25, 0.3) is 0 Å². The highest BCUT2D eigenvalue weighted by atomic mass is 35.5. The Morgan fingerprint density at radius 2 is 1.74 bits per heavy atom. The monoisotopic (exact) mass is 497 g/mol. The Labute approximate surface area is 204 Å². The van der Waals surface area contributed by atoms with E-state index in [4.69, 9.17) is 16.3 Å². The first-order valence-electron chi connectivity index (χ1n) is 10.7. The molecule has 176 valence electrons. The predicted octanol–water partition coefficient (Wildman–Crippen LogP) is 5.55. The second-order valence-electron chi connectivity index (χ2n) is 8.05. The van der Waals surface area contributed by atoms with E-state index >= 15 is 0 Å². The largest absolute Gasteiger partial charge is 0.497 e. The molecule has 0 amide bonds. The minimum atomic E-state index is -4.13. The molecule has 0 bridgehead atoms. The van der Waals surface area contributed by atoms with Crippen LogP contribution in [0.4, 0.5) is 0 Å². The first-order valence-corrected chi connectivity index (χ1v) is 12.5. The van der Waals surface area contributed by atoms with Crippen molar-refractivity contribution in [3.63, 3.8) is 0 Å². The van der Waals surface area contributed by atoms with Crippen molar-refractivity contribution in [3.8, 4) is 5.75 Å². The zero-order valence-corrected chi connectivity index (χ0v) is 20.3. The van der Waals surface area contributed by atoms with Gasteiger partial charge < -0.3 is 9.84 Å². The normalized spacial score (nSPS) is 18.9. The smallest absolute Gasteiger partial charge is 0.333 e. The quantitative estimate of drug-likeness (QED) is 0.483. The second-order valence-corrected chi connectivity index (χ2v) is 10.3. The molecule has 6 nitrogen and oxygen atoms in total. The van der Waals surface area contributed by atoms with Crippen LogP contribution in [0.15, 0.2) is 89.3 Å². The van der Waals surface area contributed by atoms with Crippen molar-refractivity contribution in [3.05, 3.63) is 106 Å². The maximum absolute atomic E-state index is 14.2. The standard InChI is InChI=1S/C26H24ClNO5S/c1-17-6-3-4-9-24(17)34(31,32)28-23(18-10-12-21(33-2)13-11-18)15-14-22(26(29)30)25(28)19-7-5-8-20(27)16-19/h3-14,16,23,25H,15H2,1-2H3,(H,29,30)/t23-,25-/m0/s1. The van der Waals surface area contributed by atoms with E-state index in [-0.39, 0.29) is 16.9 Å². The van der Waals surface area contributed by atoms with Gasteiger partial charge in [0.25, 0.3) is 0 Å². The van der Waals surface area contributed by atoms with Crippen LogP contribution in [0.5, 0.6) is 5.75 Å². The lowest BCUT2D eigenvalue weighted by Crippen LogP contribution is -2.42. The maximum atomic E-state index is 14.2. The first-order chi connectivity index (χ1) is 16.2. The summed E-state index contributed by atoms with van der Waals surface area (Å²) < 4.78 is 35.0. The van der Waals surface area contributed by atoms with E-state index in [1.807, 2.05) is 0 Å². The van der Waals surface area contributed by atoms with Gasteiger partial charge in [0.2, 0.25) is 10.0 Å². The number of carboxylic acid groups (broad SMARTS) is 1. The van der Waals surface area contributed by atoms with Gasteiger partial charge in [-0.1, -0.05) is 60.1 Å². The number of ether oxygens (including phenoxy) is 1. The van der Waals surface area contributed by atoms with Crippen molar-refractivity contribution in [2.45, 2.75) is 30.3 Å². The minimum Gasteiger partial charge on any atom is -0.497 e. The summed E-state index contributed by atoms with van der Waals surface area (Å²) in [5.74, 6) is -0.538. The van der Waals surface area contributed by atoms with Crippen LogP contribution in [0, 0.1) is 6.92 Å². The van der Waals surface area contributed by atoms with Crippen LogP contribution in [0.2, 0.25) is 5.02 Å². The van der Waals surface area contributed by atoms with Gasteiger partial charge in [-0.05, 0) is 60.4 Å². The van der Waals surface area contributed by atoms with Crippen molar-refractivity contribution in [2.75, 3.05) is 7.11 Å². The van der Waals surface area contributed by atoms with E-state index in [1.54, 1.807) is 92.9 Å². The number of rotatable bonds is 6. The number of nitrogens with zero attached hydrogens (tertiary/aromatic N) is 1. The van der Waals surface area contributed by atoms with E-state index < -0.39 is 28.1 Å². The third kappa shape index (κ3) is 4.46. The molecule has 0 aliphatic carbocycles. The van der Waals surface area contributed by atoms with E-state index in [9.17, 15) is 18.3 Å². The van der Waals surface area contributed by atoms with Crippen molar-refractivity contribution >= 4 is 27.6 Å². The fraction of sp³-hybridized carbons (Fsp3) is 0.192. The van der Waals surface area contributed by atoms with Crippen LogP contribution in [0.1, 0.15) is 35.2 Å². The van der Waals surface area contributed by atoms with Crippen molar-refractivity contribution in [1.29, 1.82) is 0 Å². The average molecular weight is 498 g/mol. The van der Waals surface area contributed by atoms with Crippen molar-refractivity contribution in [2.24, 2.45) is 0 Å². The van der Waals surface area contributed by atoms with Gasteiger partial charge in [0, 0.05) is 5.02 Å². The molecule has 0 saturated heterocycles. The Bertz CT molecular complexity index is 1350. The van der Waals surface area contributed by atoms with Gasteiger partial charge in [0.05, 0.1) is 29.7 Å². The Morgan fingerprint density at radius 1 is 1.03 bits per heavy atom. The number of benzene rings is 3. The van der Waals surface area contributed by atoms with Crippen LogP contribution in [-0.4, -0.2) is 30.9 Å². The van der Waals surface area contributed by atoms with Gasteiger partial charge in [-0.25, -0.2) is 13.2 Å². The maximum Gasteiger partial charge on any atom is 0.333 e. The number of hydrogen-bond acceptors (Lipinski definition) is 4. The van der Waals surface area contributed by atoms with Crippen LogP contribution in [-0.2, 0) is 14.8 Å². The Kier molecular flexibility index (Phi) is 6.79. The molecule has 1 aliphatic heterocycles. The molecule has 34 heavy (non-hydrogen) atoms. The molecule has 0 spiro atoms. The number of hydrogen-bond donors (Lipinski definition) is 1. The van der Waals surface area contributed by atoms with Crippen LogP contribution >= 0.6 is 11.6 Å². The average Bonchev–Trinajstić information content (AvgIpc) is 2.83. The van der Waals surface area contributed by atoms with E-state index in [0.717, 1.165) is 5.56 Å². The molecule has 0 radical (unpaired) electrons. The number of aryl methyl sites for hydroxylation is 1. The van der Waals surface area contributed by atoms with E-state index in [2.05, 4.69) is 0 Å². The number of methoxy groups -OCH3 is 1. The summed E-state index contributed by atoms with van der Waals surface area (Å²) in [7, 11) is -2.57. The van der Waals surface area contributed by atoms with Gasteiger partial charge in [-0.15, -0.1) is 0 Å². The molecule has 8 heteroatoms. The molecule has 3 aromatic rings. The van der Waals surface area contributed by atoms with Gasteiger partial charge in [-0.2, -0.15) is 4.31 Å². The van der Waals surface area contributed by atoms with Gasteiger partial charge in [-0.3, -0.25) is 0 Å². The van der Waals surface area contributed by atoms with Crippen molar-refractivity contribution < 1.29 is 23.1 Å². The molecular weight excluding hydrogens is 474 g/mol. The van der Waals surface area contributed by atoms with Gasteiger partial charge in [0.15, 0.2) is 0 Å². The Morgan fingerprint density at radius 3 is 2.35 bits per heavy atom. The highest BCUT2D eigenvalue weighted by Gasteiger charge is 2.45. The lowest BCUT2D eigenvalue weighted by molar-refractivity contribution is -0.133. The zero-order valence-electron chi connectivity index (χ0n) is 18.7. The SMILES string of the molecule is COc1ccc([C@@H]2CC=C(C(=O)O)[C@H](c3cccc(Cl)c3)N2S(=O)(=O)c2ccccc2C)cc1. The molecule has 3 aromatic carbocycles. The third-order valence-corrected chi connectivity index (χ3v) is 8.25. The molecule has 0 fully saturated rings. The minimum absolute atomic E-state index is 0.0100. The van der Waals surface area contributed by atoms with Crippen molar-refractivity contribution in [1.82, 2.24) is 4.31 Å². The van der Waals surface area contributed by atoms with Gasteiger partial charge in [0.1, 0.15) is 5.75 Å². The summed E-state index contributed by atoms with van der Waals surface area (Å²) in [6.07, 6.45) is 1.81. The fourth-order valence-electron chi connectivity index (χ4n) is 4.35. The van der Waals surface area contributed by atoms with Crippen LogP contribution in [0.3, 0.4) is 0 Å². The molecule has 1 N–H and O–H groups in total. The second kappa shape index (κ2) is 9.62. The Hall–Kier alpha value is -3.13. The Balaban J connectivity index is 1.98. The molecule has 0 saturated carbocycles. The number of sulfonamides is 1. The summed E-state index contributed by atoms with van der Waals surface area (Å²) >= 11 is 6.23. The summed E-state index contributed by atoms with van der Waals surface area (Å²) in [6.45, 7) is 1.72. The summed E-state index contributed by atoms with van der Waals surface area (Å²) in [5, 5.41) is 10.4. The summed E-state index contributed by atoms with van der Waals surface area (Å²) in [4.78, 5) is 12.4. The molecule has 0 unspecified atom stereocenters. The van der Waals surface area contributed by atoms with E-state index in [1.165, 1.54) is 4.31 Å². The fourth-order valence-corrected chi connectivity index (χ4v) is 6.56. The van der Waals surface area contributed by atoms with Crippen LogP contribution < -0.4 is 4.74 Å². The lowest BCUT2D eigenvalue weighted by Gasteiger charge is -2.41. The number of aliphatic carboxylic acids is 1. The molecule has 1 heterocycles. The molecule has 0 aromatic heterocycles. The highest BCUT2D eigenvalue weighted by molar-refractivity contribution is 7.89. The van der Waals surface area contributed by atoms with E-state index in [0.29, 0.717) is 21.9 Å². The molecule has 2 atom stereocenters. The predicted molar refractivity (Wildman–Crippen MR) is 130 cm³/mol. The first kappa shape index (κ1) is 24.0. The number of carboxylic acids is 1. The summed E-state index contributed by atoms with van der Waals surface area (Å²) in [6, 6.07) is 18.8. The highest BCUT2D eigenvalue weighted by Crippen LogP contribution is 2.46. The molecule has 4 rings (SSSR count). The molecule has 1 aliphatic rings. The topological polar surface area (TPSA) is 83.9 Å². The lowest BCUT2D eigenvalue weighted by atomic mass is 9.89. The number of carbonyl (C=O) groups is 1. The van der Waals surface area contributed by atoms with Gasteiger partial charge >= 0.3 is 5.97 Å². The summed E-state index contributed by atoms with van der Waals surface area (Å²) in [5.41, 5.74) is 1.78. The molecular formula is C26H24ClNO5S. The number of halogens is 1.